The topological polar surface area (TPSA) is 66.6 Å². The SMILES string of the molecule is CC1CN(S(=O)(=O)c2cc(Br)ccc2N)CCN1C. The molecule has 0 amide bonds. The van der Waals surface area contributed by atoms with Gasteiger partial charge in [-0.3, -0.25) is 0 Å². The average molecular weight is 348 g/mol. The monoisotopic (exact) mass is 347 g/mol. The molecule has 1 saturated heterocycles. The van der Waals surface area contributed by atoms with Gasteiger partial charge in [0.15, 0.2) is 0 Å². The third-order valence-corrected chi connectivity index (χ3v) is 5.93. The number of piperazine rings is 1. The number of benzene rings is 1. The summed E-state index contributed by atoms with van der Waals surface area (Å²) in [5.41, 5.74) is 6.09. The zero-order chi connectivity index (χ0) is 14.2. The summed E-state index contributed by atoms with van der Waals surface area (Å²) in [7, 11) is -1.52. The highest BCUT2D eigenvalue weighted by Gasteiger charge is 2.32. The summed E-state index contributed by atoms with van der Waals surface area (Å²) in [6.45, 7) is 3.74. The van der Waals surface area contributed by atoms with Gasteiger partial charge in [-0.05, 0) is 32.2 Å². The minimum atomic E-state index is -3.52. The Bertz CT molecular complexity index is 576. The molecule has 1 unspecified atom stereocenters. The van der Waals surface area contributed by atoms with Crippen molar-refractivity contribution in [2.24, 2.45) is 0 Å². The van der Waals surface area contributed by atoms with Crippen LogP contribution in [0.4, 0.5) is 5.69 Å². The molecular weight excluding hydrogens is 330 g/mol. The molecule has 0 bridgehead atoms. The summed E-state index contributed by atoms with van der Waals surface area (Å²) >= 11 is 3.29. The van der Waals surface area contributed by atoms with Crippen LogP contribution in [0.15, 0.2) is 27.6 Å². The lowest BCUT2D eigenvalue weighted by Gasteiger charge is -2.36. The number of nitrogen functional groups attached to an aromatic ring is 1. The van der Waals surface area contributed by atoms with Crippen molar-refractivity contribution in [1.82, 2.24) is 9.21 Å². The van der Waals surface area contributed by atoms with Crippen molar-refractivity contribution in [2.75, 3.05) is 32.4 Å². The molecule has 1 aliphatic rings. The molecule has 19 heavy (non-hydrogen) atoms. The number of nitrogens with zero attached hydrogens (tertiary/aromatic N) is 2. The molecule has 0 saturated carbocycles. The largest absolute Gasteiger partial charge is 0.398 e. The summed E-state index contributed by atoms with van der Waals surface area (Å²) in [4.78, 5) is 2.33. The van der Waals surface area contributed by atoms with E-state index in [1.165, 1.54) is 4.31 Å². The number of hydrogen-bond acceptors (Lipinski definition) is 4. The van der Waals surface area contributed by atoms with Gasteiger partial charge in [0.1, 0.15) is 4.90 Å². The number of nitrogens with two attached hydrogens (primary N) is 1. The van der Waals surface area contributed by atoms with Gasteiger partial charge < -0.3 is 10.6 Å². The highest BCUT2D eigenvalue weighted by atomic mass is 79.9. The number of sulfonamides is 1. The van der Waals surface area contributed by atoms with Crippen molar-refractivity contribution < 1.29 is 8.42 Å². The highest BCUT2D eigenvalue weighted by Crippen LogP contribution is 2.27. The quantitative estimate of drug-likeness (QED) is 0.820. The van der Waals surface area contributed by atoms with E-state index in [-0.39, 0.29) is 16.6 Å². The van der Waals surface area contributed by atoms with Crippen LogP contribution < -0.4 is 5.73 Å². The second kappa shape index (κ2) is 5.40. The molecule has 0 aromatic heterocycles. The van der Waals surface area contributed by atoms with Crippen LogP contribution in [-0.4, -0.2) is 50.3 Å². The van der Waals surface area contributed by atoms with Crippen LogP contribution in [-0.2, 0) is 10.0 Å². The number of hydrogen-bond donors (Lipinski definition) is 1. The van der Waals surface area contributed by atoms with Crippen LogP contribution in [0.5, 0.6) is 0 Å². The molecular formula is C12H18BrN3O2S. The van der Waals surface area contributed by atoms with Crippen molar-refractivity contribution in [3.63, 3.8) is 0 Å². The molecule has 1 aromatic carbocycles. The van der Waals surface area contributed by atoms with Gasteiger partial charge in [0.2, 0.25) is 10.0 Å². The maximum Gasteiger partial charge on any atom is 0.245 e. The highest BCUT2D eigenvalue weighted by molar-refractivity contribution is 9.10. The fourth-order valence-electron chi connectivity index (χ4n) is 2.10. The Morgan fingerprint density at radius 2 is 2.05 bits per heavy atom. The van der Waals surface area contributed by atoms with E-state index in [0.29, 0.717) is 17.6 Å². The Balaban J connectivity index is 2.35. The lowest BCUT2D eigenvalue weighted by Crippen LogP contribution is -2.51. The fourth-order valence-corrected chi connectivity index (χ4v) is 4.27. The molecule has 2 N–H and O–H groups in total. The van der Waals surface area contributed by atoms with Crippen LogP contribution in [0.1, 0.15) is 6.92 Å². The van der Waals surface area contributed by atoms with Gasteiger partial charge in [-0.1, -0.05) is 15.9 Å². The average Bonchev–Trinajstić information content (AvgIpc) is 2.35. The minimum Gasteiger partial charge on any atom is -0.398 e. The first-order chi connectivity index (χ1) is 8.82. The van der Waals surface area contributed by atoms with Crippen LogP contribution in [0, 0.1) is 0 Å². The zero-order valence-electron chi connectivity index (χ0n) is 11.0. The van der Waals surface area contributed by atoms with Crippen LogP contribution in [0.3, 0.4) is 0 Å². The first-order valence-corrected chi connectivity index (χ1v) is 8.31. The molecule has 106 valence electrons. The molecule has 2 rings (SSSR count). The Kier molecular flexibility index (Phi) is 4.20. The van der Waals surface area contributed by atoms with Crippen LogP contribution in [0.2, 0.25) is 0 Å². The number of anilines is 1. The van der Waals surface area contributed by atoms with E-state index < -0.39 is 10.0 Å². The van der Waals surface area contributed by atoms with Gasteiger partial charge in [0.25, 0.3) is 0 Å². The molecule has 5 nitrogen and oxygen atoms in total. The number of rotatable bonds is 2. The molecule has 1 atom stereocenters. The van der Waals surface area contributed by atoms with Crippen molar-refractivity contribution in [3.05, 3.63) is 22.7 Å². The van der Waals surface area contributed by atoms with Gasteiger partial charge in [-0.2, -0.15) is 4.31 Å². The molecule has 1 heterocycles. The zero-order valence-corrected chi connectivity index (χ0v) is 13.4. The lowest BCUT2D eigenvalue weighted by atomic mass is 10.2. The predicted molar refractivity (Wildman–Crippen MR) is 79.4 cm³/mol. The maximum atomic E-state index is 12.6. The molecule has 1 aromatic rings. The standard InChI is InChI=1S/C12H18BrN3O2S/c1-9-8-16(6-5-15(9)2)19(17,18)12-7-10(13)3-4-11(12)14/h3-4,7,9H,5-6,8,14H2,1-2H3. The van der Waals surface area contributed by atoms with E-state index in [9.17, 15) is 8.42 Å². The van der Waals surface area contributed by atoms with Gasteiger partial charge >= 0.3 is 0 Å². The third kappa shape index (κ3) is 2.94. The predicted octanol–water partition coefficient (Wildman–Crippen LogP) is 1.36. The van der Waals surface area contributed by atoms with E-state index in [1.807, 2.05) is 14.0 Å². The molecule has 7 heteroatoms. The second-order valence-corrected chi connectivity index (χ2v) is 7.70. The molecule has 1 fully saturated rings. The number of likely N-dealkylation sites (N-methyl/N-ethyl adjacent to an activating group) is 1. The maximum absolute atomic E-state index is 12.6. The first kappa shape index (κ1) is 14.8. The van der Waals surface area contributed by atoms with Gasteiger partial charge in [0, 0.05) is 30.1 Å². The molecule has 0 aliphatic carbocycles. The Hall–Kier alpha value is -0.630. The number of halogens is 1. The Labute approximate surface area is 122 Å². The van der Waals surface area contributed by atoms with Gasteiger partial charge in [-0.25, -0.2) is 8.42 Å². The summed E-state index contributed by atoms with van der Waals surface area (Å²) in [5.74, 6) is 0. The van der Waals surface area contributed by atoms with E-state index in [4.69, 9.17) is 5.73 Å². The van der Waals surface area contributed by atoms with Crippen molar-refractivity contribution in [3.8, 4) is 0 Å². The summed E-state index contributed by atoms with van der Waals surface area (Å²) in [6, 6.07) is 5.11. The smallest absolute Gasteiger partial charge is 0.245 e. The third-order valence-electron chi connectivity index (χ3n) is 3.52. The second-order valence-electron chi connectivity index (χ2n) is 4.87. The summed E-state index contributed by atoms with van der Waals surface area (Å²) < 4.78 is 27.5. The van der Waals surface area contributed by atoms with Crippen LogP contribution >= 0.6 is 15.9 Å². The van der Waals surface area contributed by atoms with E-state index in [1.54, 1.807) is 18.2 Å². The summed E-state index contributed by atoms with van der Waals surface area (Å²) in [5, 5.41) is 0. The van der Waals surface area contributed by atoms with Gasteiger partial charge in [0.05, 0.1) is 5.69 Å². The first-order valence-electron chi connectivity index (χ1n) is 6.08. The Morgan fingerprint density at radius 1 is 1.37 bits per heavy atom. The Morgan fingerprint density at radius 3 is 2.68 bits per heavy atom. The van der Waals surface area contributed by atoms with Crippen molar-refractivity contribution >= 4 is 31.6 Å². The van der Waals surface area contributed by atoms with E-state index >= 15 is 0 Å². The molecule has 1 aliphatic heterocycles. The summed E-state index contributed by atoms with van der Waals surface area (Å²) in [6.07, 6.45) is 0. The van der Waals surface area contributed by atoms with Crippen molar-refractivity contribution in [1.29, 1.82) is 0 Å². The lowest BCUT2D eigenvalue weighted by molar-refractivity contribution is 0.159. The minimum absolute atomic E-state index is 0.179. The van der Waals surface area contributed by atoms with E-state index in [0.717, 1.165) is 6.54 Å². The molecule has 0 radical (unpaired) electrons. The van der Waals surface area contributed by atoms with Crippen molar-refractivity contribution in [2.45, 2.75) is 17.9 Å². The van der Waals surface area contributed by atoms with Crippen LogP contribution in [0.25, 0.3) is 0 Å². The normalized spacial score (nSPS) is 22.6. The molecule has 0 spiro atoms. The van der Waals surface area contributed by atoms with Gasteiger partial charge in [-0.15, -0.1) is 0 Å². The fraction of sp³-hybridized carbons (Fsp3) is 0.500. The van der Waals surface area contributed by atoms with E-state index in [2.05, 4.69) is 20.8 Å².